The predicted molar refractivity (Wildman–Crippen MR) is 139 cm³/mol. The number of thioether (sulfide) groups is 1. The Hall–Kier alpha value is -3.84. The minimum atomic E-state index is -0.144. The van der Waals surface area contributed by atoms with Crippen LogP contribution in [0.15, 0.2) is 76.6 Å². The van der Waals surface area contributed by atoms with Gasteiger partial charge in [-0.15, -0.1) is 11.8 Å². The predicted octanol–water partition coefficient (Wildman–Crippen LogP) is 5.07. The summed E-state index contributed by atoms with van der Waals surface area (Å²) in [5.41, 5.74) is 5.08. The standard InChI is InChI=1S/C28H24N4OS/c1-32(2)13-14-34-27-17-26-25(16-23(27)12-11-20-7-4-3-5-8-20)31-28(33)18-24(30-26)22-10-6-9-21(15-22)19-29/h3-10,15-17H,13-14,18H2,1-2H3,(H,31,33). The largest absolute Gasteiger partial charge is 0.324 e. The van der Waals surface area contributed by atoms with E-state index in [4.69, 9.17) is 4.99 Å². The number of amides is 1. The van der Waals surface area contributed by atoms with E-state index in [9.17, 15) is 10.1 Å². The number of rotatable bonds is 5. The van der Waals surface area contributed by atoms with E-state index in [-0.39, 0.29) is 12.3 Å². The molecule has 168 valence electrons. The van der Waals surface area contributed by atoms with Crippen LogP contribution in [0.4, 0.5) is 11.4 Å². The fraction of sp³-hybridized carbons (Fsp3) is 0.179. The van der Waals surface area contributed by atoms with Gasteiger partial charge in [-0.1, -0.05) is 42.2 Å². The molecule has 34 heavy (non-hydrogen) atoms. The second-order valence-electron chi connectivity index (χ2n) is 8.11. The highest BCUT2D eigenvalue weighted by atomic mass is 32.2. The summed E-state index contributed by atoms with van der Waals surface area (Å²) in [4.78, 5) is 20.7. The lowest BCUT2D eigenvalue weighted by molar-refractivity contribution is -0.115. The molecule has 5 nitrogen and oxygen atoms in total. The molecule has 1 N–H and O–H groups in total. The van der Waals surface area contributed by atoms with Crippen molar-refractivity contribution in [2.45, 2.75) is 11.3 Å². The number of fused-ring (bicyclic) bond motifs is 1. The molecule has 0 aliphatic carbocycles. The molecule has 0 radical (unpaired) electrons. The molecule has 1 aliphatic rings. The van der Waals surface area contributed by atoms with Gasteiger partial charge in [0.2, 0.25) is 5.91 Å². The molecular weight excluding hydrogens is 440 g/mol. The van der Waals surface area contributed by atoms with Gasteiger partial charge in [-0.3, -0.25) is 9.79 Å². The molecule has 0 aromatic heterocycles. The van der Waals surface area contributed by atoms with Crippen molar-refractivity contribution < 1.29 is 4.79 Å². The molecule has 0 bridgehead atoms. The molecule has 3 aromatic rings. The zero-order valence-electron chi connectivity index (χ0n) is 19.1. The van der Waals surface area contributed by atoms with E-state index in [1.54, 1.807) is 23.9 Å². The normalized spacial score (nSPS) is 12.5. The van der Waals surface area contributed by atoms with Crippen LogP contribution in [0.3, 0.4) is 0 Å². The van der Waals surface area contributed by atoms with Crippen LogP contribution >= 0.6 is 11.8 Å². The molecule has 1 amide bonds. The topological polar surface area (TPSA) is 68.5 Å². The van der Waals surface area contributed by atoms with Crippen LogP contribution < -0.4 is 5.32 Å². The number of nitriles is 1. The van der Waals surface area contributed by atoms with Gasteiger partial charge in [0.1, 0.15) is 0 Å². The summed E-state index contributed by atoms with van der Waals surface area (Å²) in [5, 5.41) is 12.2. The quantitative estimate of drug-likeness (QED) is 0.423. The number of nitrogens with zero attached hydrogens (tertiary/aromatic N) is 3. The number of benzene rings is 3. The van der Waals surface area contributed by atoms with Gasteiger partial charge in [-0.25, -0.2) is 0 Å². The van der Waals surface area contributed by atoms with Crippen molar-refractivity contribution in [3.63, 3.8) is 0 Å². The smallest absolute Gasteiger partial charge is 0.230 e. The summed E-state index contributed by atoms with van der Waals surface area (Å²) in [7, 11) is 4.10. The lowest BCUT2D eigenvalue weighted by Crippen LogP contribution is -2.15. The Morgan fingerprint density at radius 1 is 1.03 bits per heavy atom. The number of hydrogen-bond acceptors (Lipinski definition) is 5. The summed E-state index contributed by atoms with van der Waals surface area (Å²) in [6.07, 6.45) is 0.137. The highest BCUT2D eigenvalue weighted by molar-refractivity contribution is 7.99. The van der Waals surface area contributed by atoms with Crippen molar-refractivity contribution >= 4 is 34.8 Å². The lowest BCUT2D eigenvalue weighted by Gasteiger charge is -2.12. The molecule has 0 saturated heterocycles. The second-order valence-corrected chi connectivity index (χ2v) is 9.25. The van der Waals surface area contributed by atoms with E-state index in [2.05, 4.69) is 42.2 Å². The van der Waals surface area contributed by atoms with Crippen molar-refractivity contribution in [2.75, 3.05) is 31.7 Å². The average Bonchev–Trinajstić information content (AvgIpc) is 3.00. The summed E-state index contributed by atoms with van der Waals surface area (Å²) in [5.74, 6) is 7.28. The summed E-state index contributed by atoms with van der Waals surface area (Å²) >= 11 is 1.72. The second kappa shape index (κ2) is 10.9. The van der Waals surface area contributed by atoms with Crippen LogP contribution in [-0.4, -0.2) is 42.9 Å². The number of hydrogen-bond donors (Lipinski definition) is 1. The van der Waals surface area contributed by atoms with Crippen LogP contribution in [0.1, 0.15) is 28.7 Å². The molecule has 0 spiro atoms. The SMILES string of the molecule is CN(C)CCSc1cc2c(cc1C#Cc1ccccc1)NC(=O)CC(c1cccc(C#N)c1)=N2. The number of nitrogens with one attached hydrogen (secondary N) is 1. The third-order valence-corrected chi connectivity index (χ3v) is 6.23. The Bertz CT molecular complexity index is 1340. The Kier molecular flexibility index (Phi) is 7.44. The van der Waals surface area contributed by atoms with Crippen molar-refractivity contribution in [3.05, 3.63) is 89.0 Å². The van der Waals surface area contributed by atoms with Crippen molar-refractivity contribution in [1.29, 1.82) is 5.26 Å². The first-order valence-corrected chi connectivity index (χ1v) is 11.9. The molecule has 0 fully saturated rings. The summed E-state index contributed by atoms with van der Waals surface area (Å²) < 4.78 is 0. The van der Waals surface area contributed by atoms with E-state index in [0.717, 1.165) is 33.9 Å². The minimum Gasteiger partial charge on any atom is -0.324 e. The van der Waals surface area contributed by atoms with Crippen molar-refractivity contribution in [1.82, 2.24) is 4.90 Å². The molecule has 4 rings (SSSR count). The van der Waals surface area contributed by atoms with Gasteiger partial charge in [0, 0.05) is 28.3 Å². The van der Waals surface area contributed by atoms with Gasteiger partial charge in [0.15, 0.2) is 0 Å². The van der Waals surface area contributed by atoms with Gasteiger partial charge in [-0.05, 0) is 56.1 Å². The van der Waals surface area contributed by atoms with E-state index < -0.39 is 0 Å². The summed E-state index contributed by atoms with van der Waals surface area (Å²) in [6.45, 7) is 0.930. The van der Waals surface area contributed by atoms with Crippen LogP contribution in [0, 0.1) is 23.2 Å². The zero-order chi connectivity index (χ0) is 23.9. The zero-order valence-corrected chi connectivity index (χ0v) is 19.9. The fourth-order valence-corrected chi connectivity index (χ4v) is 4.58. The van der Waals surface area contributed by atoms with Crippen LogP contribution in [0.5, 0.6) is 0 Å². The van der Waals surface area contributed by atoms with Gasteiger partial charge >= 0.3 is 0 Å². The van der Waals surface area contributed by atoms with Gasteiger partial charge in [0.25, 0.3) is 0 Å². The van der Waals surface area contributed by atoms with Crippen LogP contribution in [0.2, 0.25) is 0 Å². The fourth-order valence-electron chi connectivity index (χ4n) is 3.44. The molecule has 1 heterocycles. The molecule has 0 unspecified atom stereocenters. The first kappa shape index (κ1) is 23.3. The molecule has 0 saturated carbocycles. The van der Waals surface area contributed by atoms with Gasteiger partial charge < -0.3 is 10.2 Å². The average molecular weight is 465 g/mol. The number of carbonyl (C=O) groups is 1. The van der Waals surface area contributed by atoms with Crippen molar-refractivity contribution in [3.8, 4) is 17.9 Å². The van der Waals surface area contributed by atoms with Crippen molar-refractivity contribution in [2.24, 2.45) is 4.99 Å². The van der Waals surface area contributed by atoms with E-state index >= 15 is 0 Å². The Morgan fingerprint density at radius 2 is 1.82 bits per heavy atom. The van der Waals surface area contributed by atoms with Crippen LogP contribution in [0.25, 0.3) is 0 Å². The minimum absolute atomic E-state index is 0.137. The molecular formula is C28H24N4OS. The Balaban J connectivity index is 1.77. The highest BCUT2D eigenvalue weighted by Crippen LogP contribution is 2.36. The van der Waals surface area contributed by atoms with E-state index in [1.807, 2.05) is 54.6 Å². The maximum Gasteiger partial charge on any atom is 0.230 e. The monoisotopic (exact) mass is 464 g/mol. The number of anilines is 1. The maximum absolute atomic E-state index is 12.7. The maximum atomic E-state index is 12.7. The summed E-state index contributed by atoms with van der Waals surface area (Å²) in [6, 6.07) is 23.1. The lowest BCUT2D eigenvalue weighted by atomic mass is 10.0. The molecule has 1 aliphatic heterocycles. The third kappa shape index (κ3) is 5.94. The van der Waals surface area contributed by atoms with Gasteiger partial charge in [-0.2, -0.15) is 5.26 Å². The molecule has 0 atom stereocenters. The number of carbonyl (C=O) groups excluding carboxylic acids is 1. The number of aliphatic imine (C=N–C) groups is 1. The highest BCUT2D eigenvalue weighted by Gasteiger charge is 2.19. The van der Waals surface area contributed by atoms with E-state index in [0.29, 0.717) is 22.6 Å². The third-order valence-electron chi connectivity index (χ3n) is 5.19. The van der Waals surface area contributed by atoms with E-state index in [1.165, 1.54) is 0 Å². The first-order valence-electron chi connectivity index (χ1n) is 10.9. The first-order chi connectivity index (χ1) is 16.5. The molecule has 6 heteroatoms. The van der Waals surface area contributed by atoms with Gasteiger partial charge in [0.05, 0.1) is 35.1 Å². The molecule has 3 aromatic carbocycles. The van der Waals surface area contributed by atoms with Crippen LogP contribution in [-0.2, 0) is 4.79 Å². The Morgan fingerprint density at radius 3 is 2.59 bits per heavy atom. The Labute approximate surface area is 204 Å².